The maximum atomic E-state index is 15.0. The van der Waals surface area contributed by atoms with Gasteiger partial charge in [-0.2, -0.15) is 4.31 Å². The second kappa shape index (κ2) is 8.19. The van der Waals surface area contributed by atoms with Gasteiger partial charge in [-0.1, -0.05) is 6.07 Å². The van der Waals surface area contributed by atoms with Crippen LogP contribution in [0.3, 0.4) is 0 Å². The smallest absolute Gasteiger partial charge is 0.335 e. The Labute approximate surface area is 183 Å². The Hall–Kier alpha value is -2.95. The summed E-state index contributed by atoms with van der Waals surface area (Å²) in [6, 6.07) is 8.54. The van der Waals surface area contributed by atoms with E-state index in [-0.39, 0.29) is 28.1 Å². The SMILES string of the molecule is Cc1cc(-c2ccc(S(=O)(=O)N3C[C@@H](F)C[C@H]3CO)cc2F)nc2cc(C(=O)O)ccc12. The van der Waals surface area contributed by atoms with Gasteiger partial charge in [0.1, 0.15) is 12.0 Å². The highest BCUT2D eigenvalue weighted by molar-refractivity contribution is 7.89. The van der Waals surface area contributed by atoms with Crippen LogP contribution in [0.5, 0.6) is 0 Å². The summed E-state index contributed by atoms with van der Waals surface area (Å²) in [5.74, 6) is -1.96. The zero-order valence-electron chi connectivity index (χ0n) is 17.0. The Kier molecular flexibility index (Phi) is 5.70. The molecular weight excluding hydrogens is 442 g/mol. The van der Waals surface area contributed by atoms with Crippen molar-refractivity contribution in [3.8, 4) is 11.3 Å². The maximum Gasteiger partial charge on any atom is 0.335 e. The molecule has 0 aliphatic carbocycles. The van der Waals surface area contributed by atoms with Crippen LogP contribution < -0.4 is 0 Å². The number of aryl methyl sites for hydroxylation is 1. The lowest BCUT2D eigenvalue weighted by Gasteiger charge is -2.22. The molecule has 0 spiro atoms. The molecule has 10 heteroatoms. The van der Waals surface area contributed by atoms with Crippen molar-refractivity contribution >= 4 is 26.9 Å². The first kappa shape index (κ1) is 22.3. The second-order valence-corrected chi connectivity index (χ2v) is 9.64. The van der Waals surface area contributed by atoms with Gasteiger partial charge >= 0.3 is 5.97 Å². The molecule has 2 N–H and O–H groups in total. The number of alkyl halides is 1. The van der Waals surface area contributed by atoms with E-state index in [1.165, 1.54) is 24.3 Å². The topological polar surface area (TPSA) is 108 Å². The van der Waals surface area contributed by atoms with E-state index in [9.17, 15) is 27.8 Å². The third kappa shape index (κ3) is 3.85. The molecule has 0 amide bonds. The van der Waals surface area contributed by atoms with Crippen molar-refractivity contribution in [2.24, 2.45) is 0 Å². The molecule has 0 unspecified atom stereocenters. The number of carboxylic acids is 1. The first-order chi connectivity index (χ1) is 15.1. The van der Waals surface area contributed by atoms with Gasteiger partial charge < -0.3 is 10.2 Å². The first-order valence-electron chi connectivity index (χ1n) is 9.83. The molecule has 0 saturated carbocycles. The van der Waals surface area contributed by atoms with Crippen LogP contribution in [0.25, 0.3) is 22.2 Å². The van der Waals surface area contributed by atoms with Crippen LogP contribution in [0, 0.1) is 12.7 Å². The van der Waals surface area contributed by atoms with Crippen LogP contribution in [-0.4, -0.2) is 59.3 Å². The fourth-order valence-electron chi connectivity index (χ4n) is 3.96. The van der Waals surface area contributed by atoms with Gasteiger partial charge in [-0.3, -0.25) is 0 Å². The number of hydrogen-bond acceptors (Lipinski definition) is 5. The highest BCUT2D eigenvalue weighted by atomic mass is 32.2. The van der Waals surface area contributed by atoms with Crippen LogP contribution in [0.15, 0.2) is 47.4 Å². The lowest BCUT2D eigenvalue weighted by atomic mass is 10.0. The molecule has 168 valence electrons. The molecule has 3 aromatic rings. The van der Waals surface area contributed by atoms with Crippen molar-refractivity contribution in [2.75, 3.05) is 13.2 Å². The number of nitrogens with zero attached hydrogens (tertiary/aromatic N) is 2. The van der Waals surface area contributed by atoms with E-state index < -0.39 is 47.2 Å². The van der Waals surface area contributed by atoms with E-state index in [1.54, 1.807) is 19.1 Å². The molecule has 2 atom stereocenters. The summed E-state index contributed by atoms with van der Waals surface area (Å²) in [6.45, 7) is 0.855. The number of aliphatic hydroxyl groups is 1. The summed E-state index contributed by atoms with van der Waals surface area (Å²) in [4.78, 5) is 15.3. The molecule has 4 rings (SSSR count). The van der Waals surface area contributed by atoms with Gasteiger partial charge in [0.15, 0.2) is 0 Å². The van der Waals surface area contributed by atoms with Gasteiger partial charge in [0.2, 0.25) is 10.0 Å². The van der Waals surface area contributed by atoms with Gasteiger partial charge in [-0.15, -0.1) is 0 Å². The number of hydrogen-bond donors (Lipinski definition) is 2. The second-order valence-electron chi connectivity index (χ2n) is 7.75. The predicted octanol–water partition coefficient (Wildman–Crippen LogP) is 3.14. The molecule has 1 aliphatic heterocycles. The average molecular weight is 462 g/mol. The predicted molar refractivity (Wildman–Crippen MR) is 113 cm³/mol. The van der Waals surface area contributed by atoms with Crippen molar-refractivity contribution in [1.82, 2.24) is 9.29 Å². The fourth-order valence-corrected chi connectivity index (χ4v) is 5.63. The minimum atomic E-state index is -4.20. The molecular formula is C22H20F2N2O5S. The number of halogens is 2. The highest BCUT2D eigenvalue weighted by Gasteiger charge is 2.40. The number of sulfonamides is 1. The van der Waals surface area contributed by atoms with Crippen LogP contribution in [0.2, 0.25) is 0 Å². The van der Waals surface area contributed by atoms with E-state index in [1.807, 2.05) is 0 Å². The largest absolute Gasteiger partial charge is 0.478 e. The maximum absolute atomic E-state index is 15.0. The quantitative estimate of drug-likeness (QED) is 0.603. The molecule has 1 aliphatic rings. The Balaban J connectivity index is 1.75. The third-order valence-electron chi connectivity index (χ3n) is 5.61. The molecule has 7 nitrogen and oxygen atoms in total. The van der Waals surface area contributed by atoms with Crippen molar-refractivity contribution < 1.29 is 32.2 Å². The molecule has 1 saturated heterocycles. The molecule has 1 fully saturated rings. The Morgan fingerprint density at radius 3 is 2.62 bits per heavy atom. The number of benzene rings is 2. The zero-order valence-corrected chi connectivity index (χ0v) is 17.8. The summed E-state index contributed by atoms with van der Waals surface area (Å²) in [6.07, 6.45) is -1.51. The molecule has 0 radical (unpaired) electrons. The standard InChI is InChI=1S/C22H20F2N2O5S/c1-12-6-20(25-21-7-13(22(28)29)2-4-17(12)21)18-5-3-16(9-19(18)24)32(30,31)26-10-14(23)8-15(26)11-27/h2-7,9,14-15,27H,8,10-11H2,1H3,(H,28,29)/t14-,15-/m0/s1. The van der Waals surface area contributed by atoms with Crippen LogP contribution in [-0.2, 0) is 10.0 Å². The Morgan fingerprint density at radius 1 is 1.22 bits per heavy atom. The summed E-state index contributed by atoms with van der Waals surface area (Å²) in [5, 5.41) is 19.3. The molecule has 2 heterocycles. The monoisotopic (exact) mass is 462 g/mol. The summed E-state index contributed by atoms with van der Waals surface area (Å²) < 4.78 is 55.4. The van der Waals surface area contributed by atoms with E-state index in [0.29, 0.717) is 10.9 Å². The number of aliphatic hydroxyl groups excluding tert-OH is 1. The van der Waals surface area contributed by atoms with Crippen molar-refractivity contribution in [3.63, 3.8) is 0 Å². The minimum Gasteiger partial charge on any atom is -0.478 e. The van der Waals surface area contributed by atoms with Crippen LogP contribution in [0.1, 0.15) is 22.3 Å². The number of carboxylic acid groups (broad SMARTS) is 1. The van der Waals surface area contributed by atoms with E-state index in [4.69, 9.17) is 0 Å². The normalized spacial score (nSPS) is 19.5. The summed E-state index contributed by atoms with van der Waals surface area (Å²) in [7, 11) is -4.20. The zero-order chi connectivity index (χ0) is 23.2. The van der Waals surface area contributed by atoms with Gasteiger partial charge in [0, 0.05) is 17.5 Å². The van der Waals surface area contributed by atoms with Gasteiger partial charge in [0.05, 0.1) is 34.3 Å². The van der Waals surface area contributed by atoms with Crippen molar-refractivity contribution in [2.45, 2.75) is 30.5 Å². The van der Waals surface area contributed by atoms with Crippen LogP contribution in [0.4, 0.5) is 8.78 Å². The molecule has 2 aromatic carbocycles. The number of rotatable bonds is 5. The molecule has 1 aromatic heterocycles. The van der Waals surface area contributed by atoms with E-state index in [0.717, 1.165) is 15.9 Å². The Bertz CT molecular complexity index is 1330. The fraction of sp³-hybridized carbons (Fsp3) is 0.273. The van der Waals surface area contributed by atoms with Crippen molar-refractivity contribution in [3.05, 3.63) is 59.4 Å². The van der Waals surface area contributed by atoms with Gasteiger partial charge in [0.25, 0.3) is 0 Å². The van der Waals surface area contributed by atoms with Crippen LogP contribution >= 0.6 is 0 Å². The third-order valence-corrected chi connectivity index (χ3v) is 7.52. The van der Waals surface area contributed by atoms with Gasteiger partial charge in [-0.25, -0.2) is 27.0 Å². The van der Waals surface area contributed by atoms with E-state index >= 15 is 4.39 Å². The lowest BCUT2D eigenvalue weighted by molar-refractivity contribution is 0.0697. The average Bonchev–Trinajstić information content (AvgIpc) is 3.14. The lowest BCUT2D eigenvalue weighted by Crippen LogP contribution is -2.37. The number of aromatic nitrogens is 1. The van der Waals surface area contributed by atoms with Crippen molar-refractivity contribution in [1.29, 1.82) is 0 Å². The first-order valence-corrected chi connectivity index (χ1v) is 11.3. The number of fused-ring (bicyclic) bond motifs is 1. The number of pyridine rings is 1. The molecule has 32 heavy (non-hydrogen) atoms. The summed E-state index contributed by atoms with van der Waals surface area (Å²) >= 11 is 0. The summed E-state index contributed by atoms with van der Waals surface area (Å²) in [5.41, 5.74) is 1.41. The minimum absolute atomic E-state index is 0.0400. The van der Waals surface area contributed by atoms with E-state index in [2.05, 4.69) is 4.98 Å². The van der Waals surface area contributed by atoms with Gasteiger partial charge in [-0.05, 0) is 55.3 Å². The number of carbonyl (C=O) groups is 1. The highest BCUT2D eigenvalue weighted by Crippen LogP contribution is 2.31. The number of aromatic carboxylic acids is 1. The Morgan fingerprint density at radius 2 is 1.97 bits per heavy atom. The molecule has 0 bridgehead atoms.